The molecule has 28 heavy (non-hydrogen) atoms. The van der Waals surface area contributed by atoms with E-state index in [1.165, 1.54) is 42.7 Å². The number of nitrogens with zero attached hydrogens (tertiary/aromatic N) is 2. The standard InChI is InChI=1S/C19H17N3S6/c1-8-9(2)14(24-13(8)12(6-20)7-21)16-25-18-19(26-16)28-17(27-18)15-22(5)10(3)11(4)23-15/h6,20H,1-5H3/b13-12+,16-14?,17-15?,20-6?. The van der Waals surface area contributed by atoms with Gasteiger partial charge in [-0.1, -0.05) is 58.8 Å². The van der Waals surface area contributed by atoms with Gasteiger partial charge >= 0.3 is 0 Å². The number of rotatable bonds is 1. The Morgan fingerprint density at radius 3 is 2.04 bits per heavy atom. The SMILES string of the molecule is CC1=C(C)N(C)C(=C2SC3=C(S2)SC(=c2s/c(=C(/C#N)C=N)c(C)c2C)S3)S1. The Balaban J connectivity index is 1.66. The van der Waals surface area contributed by atoms with Crippen LogP contribution in [0.4, 0.5) is 0 Å². The summed E-state index contributed by atoms with van der Waals surface area (Å²) in [6.45, 7) is 8.53. The van der Waals surface area contributed by atoms with Crippen molar-refractivity contribution in [3.8, 4) is 6.07 Å². The van der Waals surface area contributed by atoms with Crippen LogP contribution in [0.15, 0.2) is 28.3 Å². The molecule has 0 atom stereocenters. The number of nitrogens with one attached hydrogen (secondary N) is 1. The molecule has 3 nitrogen and oxygen atoms in total. The maximum absolute atomic E-state index is 9.31. The molecule has 0 aliphatic carbocycles. The van der Waals surface area contributed by atoms with E-state index in [0.29, 0.717) is 5.57 Å². The smallest absolute Gasteiger partial charge is 0.102 e. The van der Waals surface area contributed by atoms with Gasteiger partial charge in [0.2, 0.25) is 0 Å². The Morgan fingerprint density at radius 1 is 0.929 bits per heavy atom. The molecule has 0 unspecified atom stereocenters. The van der Waals surface area contributed by atoms with Gasteiger partial charge in [-0.15, -0.1) is 11.3 Å². The highest BCUT2D eigenvalue weighted by Gasteiger charge is 2.35. The second-order valence-corrected chi connectivity index (χ2v) is 13.7. The normalized spacial score (nSPS) is 20.4. The summed E-state index contributed by atoms with van der Waals surface area (Å²) in [5, 5.41) is 18.2. The van der Waals surface area contributed by atoms with E-state index in [1.54, 1.807) is 11.3 Å². The van der Waals surface area contributed by atoms with E-state index in [-0.39, 0.29) is 0 Å². The molecular formula is C19H17N3S6. The molecule has 3 aliphatic heterocycles. The van der Waals surface area contributed by atoms with Crippen LogP contribution in [-0.4, -0.2) is 18.2 Å². The molecule has 1 aromatic heterocycles. The van der Waals surface area contributed by atoms with Gasteiger partial charge in [-0.05, 0) is 38.8 Å². The summed E-state index contributed by atoms with van der Waals surface area (Å²) in [7, 11) is 2.15. The topological polar surface area (TPSA) is 50.9 Å². The molecule has 0 aromatic carbocycles. The number of hydrogen-bond acceptors (Lipinski definition) is 9. The molecule has 9 heteroatoms. The van der Waals surface area contributed by atoms with Crippen molar-refractivity contribution in [2.24, 2.45) is 0 Å². The van der Waals surface area contributed by atoms with Crippen molar-refractivity contribution in [3.63, 3.8) is 0 Å². The highest BCUT2D eigenvalue weighted by molar-refractivity contribution is 8.52. The molecule has 0 amide bonds. The minimum atomic E-state index is 0.446. The first kappa shape index (κ1) is 20.6. The second kappa shape index (κ2) is 7.89. The summed E-state index contributed by atoms with van der Waals surface area (Å²) in [5.41, 5.74) is 4.12. The largest absolute Gasteiger partial charge is 0.341 e. The summed E-state index contributed by atoms with van der Waals surface area (Å²) in [5.74, 6) is 0. The van der Waals surface area contributed by atoms with Gasteiger partial charge in [0, 0.05) is 23.9 Å². The Morgan fingerprint density at radius 2 is 1.54 bits per heavy atom. The molecule has 0 spiro atoms. The summed E-state index contributed by atoms with van der Waals surface area (Å²) in [6, 6.07) is 2.15. The van der Waals surface area contributed by atoms with Crippen molar-refractivity contribution < 1.29 is 0 Å². The van der Waals surface area contributed by atoms with E-state index in [0.717, 1.165) is 16.3 Å². The van der Waals surface area contributed by atoms with Crippen molar-refractivity contribution in [2.45, 2.75) is 27.7 Å². The summed E-state index contributed by atoms with van der Waals surface area (Å²) in [4.78, 5) is 3.67. The van der Waals surface area contributed by atoms with E-state index in [9.17, 15) is 5.26 Å². The van der Waals surface area contributed by atoms with Crippen LogP contribution in [0.2, 0.25) is 0 Å². The Labute approximate surface area is 190 Å². The van der Waals surface area contributed by atoms with E-state index in [4.69, 9.17) is 5.41 Å². The van der Waals surface area contributed by atoms with E-state index >= 15 is 0 Å². The van der Waals surface area contributed by atoms with Crippen LogP contribution in [0, 0.1) is 30.6 Å². The highest BCUT2D eigenvalue weighted by atomic mass is 32.3. The van der Waals surface area contributed by atoms with Gasteiger partial charge in [0.05, 0.1) is 31.6 Å². The van der Waals surface area contributed by atoms with Crippen LogP contribution in [0.25, 0.3) is 9.81 Å². The highest BCUT2D eigenvalue weighted by Crippen LogP contribution is 2.68. The molecule has 4 rings (SSSR count). The molecule has 4 heterocycles. The second-order valence-electron chi connectivity index (χ2n) is 6.35. The number of thioether (sulfide) groups is 5. The lowest BCUT2D eigenvalue weighted by molar-refractivity contribution is 0.564. The van der Waals surface area contributed by atoms with Crippen LogP contribution in [0.1, 0.15) is 25.0 Å². The molecule has 3 aliphatic rings. The zero-order chi connectivity index (χ0) is 20.2. The number of thiophene rings is 1. The number of hydrogen-bond donors (Lipinski definition) is 1. The van der Waals surface area contributed by atoms with E-state index in [1.807, 2.05) is 65.7 Å². The third-order valence-corrected chi connectivity index (χ3v) is 13.6. The number of nitriles is 1. The number of allylic oxidation sites excluding steroid dienone is 2. The molecule has 0 bridgehead atoms. The first-order chi connectivity index (χ1) is 13.3. The van der Waals surface area contributed by atoms with Crippen LogP contribution >= 0.6 is 70.1 Å². The Hall–Kier alpha value is -0.630. The van der Waals surface area contributed by atoms with Crippen LogP contribution in [0.3, 0.4) is 0 Å². The molecule has 144 valence electrons. The molecule has 0 saturated carbocycles. The van der Waals surface area contributed by atoms with Crippen molar-refractivity contribution in [3.05, 3.63) is 48.5 Å². The summed E-state index contributed by atoms with van der Waals surface area (Å²) >= 11 is 11.0. The van der Waals surface area contributed by atoms with Crippen molar-refractivity contribution >= 4 is 86.2 Å². The minimum Gasteiger partial charge on any atom is -0.341 e. The van der Waals surface area contributed by atoms with E-state index in [2.05, 4.69) is 38.8 Å². The molecule has 1 N–H and O–H groups in total. The maximum atomic E-state index is 9.31. The molecule has 1 aromatic rings. The fourth-order valence-corrected chi connectivity index (χ4v) is 12.1. The predicted octanol–water partition coefficient (Wildman–Crippen LogP) is 5.90. The molecular weight excluding hydrogens is 463 g/mol. The monoisotopic (exact) mass is 479 g/mol. The third kappa shape index (κ3) is 3.32. The summed E-state index contributed by atoms with van der Waals surface area (Å²) in [6.07, 6.45) is 1.16. The Bertz CT molecular complexity index is 1150. The van der Waals surface area contributed by atoms with Crippen LogP contribution < -0.4 is 9.06 Å². The van der Waals surface area contributed by atoms with Crippen LogP contribution in [-0.2, 0) is 0 Å². The quantitative estimate of drug-likeness (QED) is 0.503. The average Bonchev–Trinajstić information content (AvgIpc) is 3.38. The van der Waals surface area contributed by atoms with Crippen molar-refractivity contribution in [1.82, 2.24) is 4.90 Å². The maximum Gasteiger partial charge on any atom is 0.102 e. The lowest BCUT2D eigenvalue weighted by atomic mass is 10.2. The molecule has 0 saturated heterocycles. The van der Waals surface area contributed by atoms with Gasteiger partial charge in [-0.2, -0.15) is 5.26 Å². The first-order valence-corrected chi connectivity index (χ1v) is 13.3. The van der Waals surface area contributed by atoms with Gasteiger partial charge in [0.1, 0.15) is 11.1 Å². The zero-order valence-corrected chi connectivity index (χ0v) is 20.8. The Kier molecular flexibility index (Phi) is 5.82. The lowest BCUT2D eigenvalue weighted by Crippen LogP contribution is -2.09. The van der Waals surface area contributed by atoms with Crippen molar-refractivity contribution in [1.29, 1.82) is 10.7 Å². The first-order valence-electron chi connectivity index (χ1n) is 8.39. The van der Waals surface area contributed by atoms with Crippen molar-refractivity contribution in [2.75, 3.05) is 7.05 Å². The molecule has 0 fully saturated rings. The van der Waals surface area contributed by atoms with Gasteiger partial charge in [0.25, 0.3) is 0 Å². The van der Waals surface area contributed by atoms with E-state index < -0.39 is 0 Å². The van der Waals surface area contributed by atoms with Crippen LogP contribution in [0.5, 0.6) is 0 Å². The predicted molar refractivity (Wildman–Crippen MR) is 132 cm³/mol. The van der Waals surface area contributed by atoms with Gasteiger partial charge in [-0.25, -0.2) is 0 Å². The van der Waals surface area contributed by atoms with Gasteiger partial charge < -0.3 is 10.3 Å². The fourth-order valence-electron chi connectivity index (χ4n) is 2.82. The van der Waals surface area contributed by atoms with Gasteiger partial charge in [-0.3, -0.25) is 0 Å². The summed E-state index contributed by atoms with van der Waals surface area (Å²) < 4.78 is 7.57. The minimum absolute atomic E-state index is 0.446. The fraction of sp³-hybridized carbons (Fsp3) is 0.263. The third-order valence-electron chi connectivity index (χ3n) is 4.79. The zero-order valence-electron chi connectivity index (χ0n) is 15.9. The average molecular weight is 480 g/mol. The lowest BCUT2D eigenvalue weighted by Gasteiger charge is -2.16. The van der Waals surface area contributed by atoms with Gasteiger partial charge in [0.15, 0.2) is 0 Å². The molecule has 0 radical (unpaired) electrons.